The Labute approximate surface area is 102 Å². The van der Waals surface area contributed by atoms with Gasteiger partial charge in [-0.15, -0.1) is 14.8 Å². The number of nitrogens with zero attached hydrogens (tertiary/aromatic N) is 6. The Bertz CT molecular complexity index is 581. The van der Waals surface area contributed by atoms with Gasteiger partial charge in [0, 0.05) is 19.6 Å². The highest BCUT2D eigenvalue weighted by Gasteiger charge is 2.24. The zero-order chi connectivity index (χ0) is 12.5. The first kappa shape index (κ1) is 10.8. The van der Waals surface area contributed by atoms with E-state index in [2.05, 4.69) is 25.9 Å². The van der Waals surface area contributed by atoms with E-state index in [-0.39, 0.29) is 11.9 Å². The maximum Gasteiger partial charge on any atom is 0.236 e. The van der Waals surface area contributed by atoms with E-state index in [9.17, 15) is 4.79 Å². The Balaban J connectivity index is 1.86. The molecular weight excluding hydrogens is 236 g/mol. The molecule has 0 radical (unpaired) electrons. The van der Waals surface area contributed by atoms with Crippen LogP contribution in [-0.2, 0) is 4.79 Å². The minimum Gasteiger partial charge on any atom is -0.368 e. The SMILES string of the molecule is NC(=O)[C@@H]1CN(c2ccc3nnnn3n2)CCN1. The normalized spacial score (nSPS) is 20.2. The molecule has 2 aromatic rings. The van der Waals surface area contributed by atoms with E-state index in [1.54, 1.807) is 6.07 Å². The van der Waals surface area contributed by atoms with Crippen molar-refractivity contribution in [3.63, 3.8) is 0 Å². The number of nitrogens with one attached hydrogen (secondary N) is 1. The van der Waals surface area contributed by atoms with Crippen molar-refractivity contribution in [3.05, 3.63) is 12.1 Å². The number of hydrogen-bond acceptors (Lipinski definition) is 7. The molecule has 0 unspecified atom stereocenters. The number of rotatable bonds is 2. The van der Waals surface area contributed by atoms with Crippen LogP contribution in [-0.4, -0.2) is 56.8 Å². The van der Waals surface area contributed by atoms with Gasteiger partial charge in [-0.05, 0) is 22.6 Å². The standard InChI is InChI=1S/C9H12N8O/c10-9(18)6-5-16(4-3-11-6)8-2-1-7-12-14-15-17(7)13-8/h1-2,6,11H,3-5H2,(H2,10,18)/t6-/m0/s1. The van der Waals surface area contributed by atoms with E-state index < -0.39 is 0 Å². The largest absolute Gasteiger partial charge is 0.368 e. The molecule has 3 rings (SSSR count). The molecule has 0 bridgehead atoms. The second-order valence-electron chi connectivity index (χ2n) is 4.07. The number of carbonyl (C=O) groups excluding carboxylic acids is 1. The lowest BCUT2D eigenvalue weighted by Gasteiger charge is -2.32. The Hall–Kier alpha value is -2.29. The molecule has 0 aliphatic carbocycles. The first-order valence-electron chi connectivity index (χ1n) is 5.57. The Morgan fingerprint density at radius 1 is 1.50 bits per heavy atom. The number of aromatic nitrogens is 5. The first-order chi connectivity index (χ1) is 8.74. The summed E-state index contributed by atoms with van der Waals surface area (Å²) in [6.45, 7) is 1.93. The summed E-state index contributed by atoms with van der Waals surface area (Å²) >= 11 is 0. The zero-order valence-corrected chi connectivity index (χ0v) is 9.52. The van der Waals surface area contributed by atoms with Gasteiger partial charge in [0.1, 0.15) is 6.04 Å². The van der Waals surface area contributed by atoms with E-state index in [1.165, 1.54) is 4.63 Å². The van der Waals surface area contributed by atoms with Gasteiger partial charge in [0.05, 0.1) is 0 Å². The molecule has 1 amide bonds. The van der Waals surface area contributed by atoms with Crippen LogP contribution in [0.4, 0.5) is 5.82 Å². The van der Waals surface area contributed by atoms with Gasteiger partial charge in [-0.3, -0.25) is 4.79 Å². The van der Waals surface area contributed by atoms with Crippen molar-refractivity contribution in [2.24, 2.45) is 5.73 Å². The number of amides is 1. The molecule has 1 saturated heterocycles. The number of primary amides is 1. The summed E-state index contributed by atoms with van der Waals surface area (Å²) in [4.78, 5) is 13.2. The van der Waals surface area contributed by atoms with Crippen LogP contribution >= 0.6 is 0 Å². The fourth-order valence-electron chi connectivity index (χ4n) is 1.96. The summed E-state index contributed by atoms with van der Waals surface area (Å²) < 4.78 is 1.36. The molecule has 9 nitrogen and oxygen atoms in total. The summed E-state index contributed by atoms with van der Waals surface area (Å²) in [5, 5.41) is 18.4. The van der Waals surface area contributed by atoms with Gasteiger partial charge in [0.15, 0.2) is 11.5 Å². The number of fused-ring (bicyclic) bond motifs is 1. The highest BCUT2D eigenvalue weighted by atomic mass is 16.1. The molecule has 9 heteroatoms. The average molecular weight is 248 g/mol. The first-order valence-corrected chi connectivity index (χ1v) is 5.57. The van der Waals surface area contributed by atoms with Crippen molar-refractivity contribution in [2.45, 2.75) is 6.04 Å². The molecule has 0 aromatic carbocycles. The molecule has 1 aliphatic rings. The summed E-state index contributed by atoms with van der Waals surface area (Å²) in [6, 6.07) is 3.25. The number of carbonyl (C=O) groups is 1. The quantitative estimate of drug-likeness (QED) is 0.618. The molecule has 18 heavy (non-hydrogen) atoms. The summed E-state index contributed by atoms with van der Waals surface area (Å²) in [5.41, 5.74) is 5.88. The number of tetrazole rings is 1. The molecule has 94 valence electrons. The van der Waals surface area contributed by atoms with Gasteiger partial charge in [-0.1, -0.05) is 0 Å². The number of nitrogens with two attached hydrogens (primary N) is 1. The number of anilines is 1. The van der Waals surface area contributed by atoms with Crippen LogP contribution in [0.15, 0.2) is 12.1 Å². The van der Waals surface area contributed by atoms with Crippen LogP contribution in [0, 0.1) is 0 Å². The van der Waals surface area contributed by atoms with Gasteiger partial charge in [-0.2, -0.15) is 0 Å². The van der Waals surface area contributed by atoms with Crippen LogP contribution in [0.5, 0.6) is 0 Å². The van der Waals surface area contributed by atoms with Gasteiger partial charge >= 0.3 is 0 Å². The summed E-state index contributed by atoms with van der Waals surface area (Å²) in [5.74, 6) is 0.366. The second kappa shape index (κ2) is 4.18. The maximum atomic E-state index is 11.2. The fourth-order valence-corrected chi connectivity index (χ4v) is 1.96. The molecule has 1 aliphatic heterocycles. The van der Waals surface area contributed by atoms with Crippen LogP contribution < -0.4 is 16.0 Å². The van der Waals surface area contributed by atoms with E-state index in [1.807, 2.05) is 11.0 Å². The van der Waals surface area contributed by atoms with Gasteiger partial charge in [0.2, 0.25) is 5.91 Å². The highest BCUT2D eigenvalue weighted by molar-refractivity contribution is 5.80. The minimum atomic E-state index is -0.358. The Morgan fingerprint density at radius 3 is 3.22 bits per heavy atom. The lowest BCUT2D eigenvalue weighted by atomic mass is 10.2. The van der Waals surface area contributed by atoms with Gasteiger partial charge in [0.25, 0.3) is 0 Å². The van der Waals surface area contributed by atoms with Gasteiger partial charge < -0.3 is 16.0 Å². The van der Waals surface area contributed by atoms with E-state index in [4.69, 9.17) is 5.73 Å². The zero-order valence-electron chi connectivity index (χ0n) is 9.52. The van der Waals surface area contributed by atoms with E-state index in [0.29, 0.717) is 18.7 Å². The lowest BCUT2D eigenvalue weighted by Crippen LogP contribution is -2.56. The smallest absolute Gasteiger partial charge is 0.236 e. The Kier molecular flexibility index (Phi) is 2.52. The van der Waals surface area contributed by atoms with Crippen LogP contribution in [0.2, 0.25) is 0 Å². The molecule has 3 N–H and O–H groups in total. The molecule has 2 aromatic heterocycles. The minimum absolute atomic E-state index is 0.356. The topological polar surface area (TPSA) is 114 Å². The lowest BCUT2D eigenvalue weighted by molar-refractivity contribution is -0.120. The monoisotopic (exact) mass is 248 g/mol. The van der Waals surface area contributed by atoms with Crippen molar-refractivity contribution in [2.75, 3.05) is 24.5 Å². The third-order valence-electron chi connectivity index (χ3n) is 2.90. The predicted octanol–water partition coefficient (Wildman–Crippen LogP) is -2.22. The molecule has 1 fully saturated rings. The van der Waals surface area contributed by atoms with Crippen molar-refractivity contribution in [1.29, 1.82) is 0 Å². The molecule has 0 spiro atoms. The van der Waals surface area contributed by atoms with E-state index >= 15 is 0 Å². The Morgan fingerprint density at radius 2 is 2.39 bits per heavy atom. The molecule has 0 saturated carbocycles. The van der Waals surface area contributed by atoms with Crippen molar-refractivity contribution in [1.82, 2.24) is 30.6 Å². The van der Waals surface area contributed by atoms with E-state index in [0.717, 1.165) is 12.4 Å². The van der Waals surface area contributed by atoms with Gasteiger partial charge in [-0.25, -0.2) is 0 Å². The average Bonchev–Trinajstić information content (AvgIpc) is 2.86. The second-order valence-corrected chi connectivity index (χ2v) is 4.07. The molecular formula is C9H12N8O. The number of hydrogen-bond donors (Lipinski definition) is 2. The van der Waals surface area contributed by atoms with Crippen LogP contribution in [0.3, 0.4) is 0 Å². The highest BCUT2D eigenvalue weighted by Crippen LogP contribution is 2.12. The molecule has 3 heterocycles. The van der Waals surface area contributed by atoms with Crippen molar-refractivity contribution >= 4 is 17.4 Å². The van der Waals surface area contributed by atoms with Crippen molar-refractivity contribution in [3.8, 4) is 0 Å². The van der Waals surface area contributed by atoms with Crippen molar-refractivity contribution < 1.29 is 4.79 Å². The predicted molar refractivity (Wildman–Crippen MR) is 61.8 cm³/mol. The van der Waals surface area contributed by atoms with Crippen LogP contribution in [0.25, 0.3) is 5.65 Å². The third kappa shape index (κ3) is 1.84. The maximum absolute atomic E-state index is 11.2. The molecule has 1 atom stereocenters. The number of piperazine rings is 1. The third-order valence-corrected chi connectivity index (χ3v) is 2.90. The summed E-state index contributed by atoms with van der Waals surface area (Å²) in [6.07, 6.45) is 0. The fraction of sp³-hybridized carbons (Fsp3) is 0.444. The van der Waals surface area contributed by atoms with Crippen LogP contribution in [0.1, 0.15) is 0 Å². The summed E-state index contributed by atoms with van der Waals surface area (Å²) in [7, 11) is 0.